The Morgan fingerprint density at radius 2 is 1.83 bits per heavy atom. The fraction of sp³-hybridized carbons (Fsp3) is 0.0909. The molecule has 0 saturated carbocycles. The molecule has 0 atom stereocenters. The van der Waals surface area contributed by atoms with Crippen LogP contribution in [-0.4, -0.2) is 18.4 Å². The molecule has 0 saturated heterocycles. The summed E-state index contributed by atoms with van der Waals surface area (Å²) in [4.78, 5) is 8.95. The van der Waals surface area contributed by atoms with E-state index >= 15 is 0 Å². The highest BCUT2D eigenvalue weighted by Crippen LogP contribution is 2.28. The van der Waals surface area contributed by atoms with Crippen LogP contribution in [0.2, 0.25) is 0 Å². The lowest BCUT2D eigenvalue weighted by Crippen LogP contribution is -2.09. The topological polar surface area (TPSA) is 81.2 Å². The van der Waals surface area contributed by atoms with E-state index in [-0.39, 0.29) is 10.6 Å². The summed E-state index contributed by atoms with van der Waals surface area (Å²) in [7, 11) is -3.91. The van der Waals surface area contributed by atoms with Gasteiger partial charge in [0, 0.05) is 23.3 Å². The summed E-state index contributed by atoms with van der Waals surface area (Å²) in [6, 6.07) is 19.1. The van der Waals surface area contributed by atoms with Crippen molar-refractivity contribution in [2.75, 3.05) is 5.32 Å². The van der Waals surface area contributed by atoms with Gasteiger partial charge in [0.05, 0.1) is 5.69 Å². The van der Waals surface area contributed by atoms with Crippen LogP contribution in [0.1, 0.15) is 12.5 Å². The molecular weight excluding hydrogens is 418 g/mol. The summed E-state index contributed by atoms with van der Waals surface area (Å²) in [5.41, 5.74) is 3.30. The van der Waals surface area contributed by atoms with Crippen molar-refractivity contribution in [3.05, 3.63) is 83.9 Å². The molecule has 0 aliphatic heterocycles. The number of nitrogens with one attached hydrogen (secondary N) is 1. The van der Waals surface area contributed by atoms with E-state index in [0.29, 0.717) is 10.8 Å². The molecule has 1 N–H and O–H groups in total. The Morgan fingerprint density at radius 1 is 1.00 bits per heavy atom. The first-order valence-corrected chi connectivity index (χ1v) is 11.6. The molecule has 30 heavy (non-hydrogen) atoms. The van der Waals surface area contributed by atoms with Crippen LogP contribution in [0.15, 0.2) is 83.2 Å². The number of benzene rings is 2. The third kappa shape index (κ3) is 4.67. The van der Waals surface area contributed by atoms with Gasteiger partial charge >= 0.3 is 10.1 Å². The van der Waals surface area contributed by atoms with Crippen LogP contribution in [-0.2, 0) is 16.5 Å². The minimum Gasteiger partial charge on any atom is -0.379 e. The lowest BCUT2D eigenvalue weighted by molar-refractivity contribution is 0.486. The van der Waals surface area contributed by atoms with Crippen molar-refractivity contribution >= 4 is 32.3 Å². The molecule has 2 heterocycles. The number of anilines is 2. The maximum absolute atomic E-state index is 12.6. The number of nitrogens with zero attached hydrogens (tertiary/aromatic N) is 2. The Hall–Kier alpha value is -3.23. The predicted molar refractivity (Wildman–Crippen MR) is 119 cm³/mol. The van der Waals surface area contributed by atoms with Gasteiger partial charge < -0.3 is 9.50 Å². The van der Waals surface area contributed by atoms with E-state index in [1.165, 1.54) is 11.3 Å². The highest BCUT2D eigenvalue weighted by molar-refractivity contribution is 7.87. The van der Waals surface area contributed by atoms with Crippen molar-refractivity contribution in [3.8, 4) is 17.1 Å². The van der Waals surface area contributed by atoms with Gasteiger partial charge in [-0.2, -0.15) is 8.42 Å². The van der Waals surface area contributed by atoms with Crippen LogP contribution < -0.4 is 9.50 Å². The predicted octanol–water partition coefficient (Wildman–Crippen LogP) is 5.28. The standard InChI is InChI=1S/C22H19N3O3S2/c1-2-16-9-11-19(12-10-16)30(26,27)28-18-7-5-6-17(14-18)24-22-25-21(15-29-22)20-8-3-4-13-23-20/h3-15H,2H2,1H3,(H,24,25). The summed E-state index contributed by atoms with van der Waals surface area (Å²) in [6.45, 7) is 2.01. The molecule has 0 bridgehead atoms. The van der Waals surface area contributed by atoms with Crippen LogP contribution in [0, 0.1) is 0 Å². The molecule has 6 nitrogen and oxygen atoms in total. The molecule has 0 unspecified atom stereocenters. The largest absolute Gasteiger partial charge is 0.379 e. The smallest absolute Gasteiger partial charge is 0.339 e. The minimum absolute atomic E-state index is 0.123. The third-order valence-electron chi connectivity index (χ3n) is 4.34. The molecular formula is C22H19N3O3S2. The summed E-state index contributed by atoms with van der Waals surface area (Å²) < 4.78 is 30.5. The van der Waals surface area contributed by atoms with E-state index in [1.54, 1.807) is 48.7 Å². The molecule has 0 aliphatic carbocycles. The van der Waals surface area contributed by atoms with Crippen molar-refractivity contribution < 1.29 is 12.6 Å². The van der Waals surface area contributed by atoms with Crippen molar-refractivity contribution in [2.24, 2.45) is 0 Å². The van der Waals surface area contributed by atoms with Gasteiger partial charge in [-0.15, -0.1) is 11.3 Å². The molecule has 4 aromatic rings. The highest BCUT2D eigenvalue weighted by atomic mass is 32.2. The fourth-order valence-electron chi connectivity index (χ4n) is 2.78. The van der Waals surface area contributed by atoms with E-state index < -0.39 is 10.1 Å². The SMILES string of the molecule is CCc1ccc(S(=O)(=O)Oc2cccc(Nc3nc(-c4ccccn4)cs3)c2)cc1. The van der Waals surface area contributed by atoms with E-state index in [9.17, 15) is 8.42 Å². The Balaban J connectivity index is 1.49. The van der Waals surface area contributed by atoms with Crippen LogP contribution in [0.5, 0.6) is 5.75 Å². The van der Waals surface area contributed by atoms with E-state index in [2.05, 4.69) is 15.3 Å². The highest BCUT2D eigenvalue weighted by Gasteiger charge is 2.17. The number of aryl methyl sites for hydroxylation is 1. The second-order valence-corrected chi connectivity index (χ2v) is 8.85. The van der Waals surface area contributed by atoms with Gasteiger partial charge in [-0.1, -0.05) is 31.2 Å². The van der Waals surface area contributed by atoms with E-state index in [0.717, 1.165) is 23.4 Å². The first kappa shape index (κ1) is 20.1. The number of rotatable bonds is 7. The van der Waals surface area contributed by atoms with Crippen LogP contribution >= 0.6 is 11.3 Å². The van der Waals surface area contributed by atoms with Gasteiger partial charge in [0.2, 0.25) is 0 Å². The number of thiazole rings is 1. The van der Waals surface area contributed by atoms with Gasteiger partial charge in [0.25, 0.3) is 0 Å². The lowest BCUT2D eigenvalue weighted by atomic mass is 10.2. The van der Waals surface area contributed by atoms with Gasteiger partial charge in [0.1, 0.15) is 16.3 Å². The van der Waals surface area contributed by atoms with Crippen molar-refractivity contribution in [1.82, 2.24) is 9.97 Å². The molecule has 152 valence electrons. The van der Waals surface area contributed by atoms with Gasteiger partial charge in [-0.25, -0.2) is 4.98 Å². The number of aromatic nitrogens is 2. The molecule has 0 radical (unpaired) electrons. The van der Waals surface area contributed by atoms with Crippen LogP contribution in [0.3, 0.4) is 0 Å². The molecule has 0 aliphatic rings. The fourth-order valence-corrected chi connectivity index (χ4v) is 4.43. The summed E-state index contributed by atoms with van der Waals surface area (Å²) in [6.07, 6.45) is 2.56. The Kier molecular flexibility index (Phi) is 5.78. The monoisotopic (exact) mass is 437 g/mol. The number of hydrogen-bond acceptors (Lipinski definition) is 7. The van der Waals surface area contributed by atoms with Gasteiger partial charge in [-0.05, 0) is 48.4 Å². The zero-order chi connectivity index (χ0) is 21.0. The second-order valence-electron chi connectivity index (χ2n) is 6.44. The Bertz CT molecular complexity index is 1240. The Morgan fingerprint density at radius 3 is 2.57 bits per heavy atom. The van der Waals surface area contributed by atoms with E-state index in [4.69, 9.17) is 4.18 Å². The third-order valence-corrected chi connectivity index (χ3v) is 6.36. The molecule has 2 aromatic carbocycles. The first-order valence-electron chi connectivity index (χ1n) is 9.31. The zero-order valence-electron chi connectivity index (χ0n) is 16.1. The minimum atomic E-state index is -3.91. The van der Waals surface area contributed by atoms with Gasteiger partial charge in [-0.3, -0.25) is 4.98 Å². The number of pyridine rings is 1. The lowest BCUT2D eigenvalue weighted by Gasteiger charge is -2.09. The van der Waals surface area contributed by atoms with Crippen molar-refractivity contribution in [1.29, 1.82) is 0 Å². The number of hydrogen-bond donors (Lipinski definition) is 1. The van der Waals surface area contributed by atoms with Gasteiger partial charge in [0.15, 0.2) is 5.13 Å². The van der Waals surface area contributed by atoms with Crippen LogP contribution in [0.4, 0.5) is 10.8 Å². The molecule has 8 heteroatoms. The quantitative estimate of drug-likeness (QED) is 0.396. The average molecular weight is 438 g/mol. The zero-order valence-corrected chi connectivity index (χ0v) is 17.8. The summed E-state index contributed by atoms with van der Waals surface area (Å²) in [5, 5.41) is 5.76. The van der Waals surface area contributed by atoms with Crippen LogP contribution in [0.25, 0.3) is 11.4 Å². The average Bonchev–Trinajstić information content (AvgIpc) is 3.23. The molecule has 2 aromatic heterocycles. The normalized spacial score (nSPS) is 11.2. The maximum atomic E-state index is 12.6. The Labute approximate surface area is 179 Å². The second kappa shape index (κ2) is 8.64. The van der Waals surface area contributed by atoms with Crippen molar-refractivity contribution in [2.45, 2.75) is 18.2 Å². The first-order chi connectivity index (χ1) is 14.5. The summed E-state index contributed by atoms with van der Waals surface area (Å²) in [5.74, 6) is 0.223. The summed E-state index contributed by atoms with van der Waals surface area (Å²) >= 11 is 1.44. The molecule has 0 fully saturated rings. The maximum Gasteiger partial charge on any atom is 0.339 e. The molecule has 0 spiro atoms. The van der Waals surface area contributed by atoms with Crippen molar-refractivity contribution in [3.63, 3.8) is 0 Å². The molecule has 0 amide bonds. The van der Waals surface area contributed by atoms with E-state index in [1.807, 2.05) is 36.6 Å². The molecule has 4 rings (SSSR count).